The molecule has 74 valence electrons. The first-order valence-corrected chi connectivity index (χ1v) is 6.53. The summed E-state index contributed by atoms with van der Waals surface area (Å²) >= 11 is 3.36. The van der Waals surface area contributed by atoms with Gasteiger partial charge in [-0.2, -0.15) is 5.26 Å². The van der Waals surface area contributed by atoms with Crippen LogP contribution in [0.3, 0.4) is 0 Å². The summed E-state index contributed by atoms with van der Waals surface area (Å²) in [7, 11) is 0. The Kier molecular flexibility index (Phi) is 2.71. The molecule has 1 aliphatic carbocycles. The number of nitrogens with two attached hydrogens (primary N) is 1. The highest BCUT2D eigenvalue weighted by molar-refractivity contribution is 8.01. The molecule has 14 heavy (non-hydrogen) atoms. The standard InChI is InChI=1S/C10H12N2S2/c1-2-13-10-8(6-3-4-6)9(12)7(5-11)14-10/h6H,2-4,12H2,1H3. The van der Waals surface area contributed by atoms with Crippen molar-refractivity contribution in [3.05, 3.63) is 10.4 Å². The third-order valence-electron chi connectivity index (χ3n) is 2.31. The number of anilines is 1. The highest BCUT2D eigenvalue weighted by Crippen LogP contribution is 2.51. The van der Waals surface area contributed by atoms with Gasteiger partial charge in [-0.1, -0.05) is 6.92 Å². The fourth-order valence-electron chi connectivity index (χ4n) is 1.51. The van der Waals surface area contributed by atoms with Crippen LogP contribution in [0.15, 0.2) is 4.21 Å². The van der Waals surface area contributed by atoms with E-state index in [2.05, 4.69) is 13.0 Å². The zero-order chi connectivity index (χ0) is 10.1. The summed E-state index contributed by atoms with van der Waals surface area (Å²) in [5.74, 6) is 1.69. The summed E-state index contributed by atoms with van der Waals surface area (Å²) in [5, 5.41) is 8.90. The van der Waals surface area contributed by atoms with Crippen LogP contribution in [0.1, 0.15) is 36.1 Å². The van der Waals surface area contributed by atoms with Crippen LogP contribution >= 0.6 is 23.1 Å². The number of nitrogens with zero attached hydrogens (tertiary/aromatic N) is 1. The molecule has 1 saturated carbocycles. The van der Waals surface area contributed by atoms with Gasteiger partial charge in [0.2, 0.25) is 0 Å². The van der Waals surface area contributed by atoms with Gasteiger partial charge in [-0.05, 0) is 24.5 Å². The molecular weight excluding hydrogens is 212 g/mol. The van der Waals surface area contributed by atoms with Crippen LogP contribution in [0.2, 0.25) is 0 Å². The molecule has 1 aliphatic rings. The molecule has 2 N–H and O–H groups in total. The fraction of sp³-hybridized carbons (Fsp3) is 0.500. The predicted octanol–water partition coefficient (Wildman–Crippen LogP) is 3.19. The first-order valence-electron chi connectivity index (χ1n) is 4.73. The maximum atomic E-state index is 8.90. The van der Waals surface area contributed by atoms with Gasteiger partial charge in [0.1, 0.15) is 10.9 Å². The van der Waals surface area contributed by atoms with Crippen LogP contribution < -0.4 is 5.73 Å². The van der Waals surface area contributed by atoms with Crippen LogP contribution in [0.25, 0.3) is 0 Å². The normalized spacial score (nSPS) is 15.4. The van der Waals surface area contributed by atoms with Crippen molar-refractivity contribution in [2.75, 3.05) is 11.5 Å². The van der Waals surface area contributed by atoms with E-state index in [1.54, 1.807) is 11.3 Å². The van der Waals surface area contributed by atoms with Crippen LogP contribution in [0.4, 0.5) is 5.69 Å². The molecule has 1 heterocycles. The SMILES string of the molecule is CCSc1sc(C#N)c(N)c1C1CC1. The Morgan fingerprint density at radius 3 is 2.86 bits per heavy atom. The van der Waals surface area contributed by atoms with Crippen LogP contribution in [0.5, 0.6) is 0 Å². The molecule has 0 aliphatic heterocycles. The van der Waals surface area contributed by atoms with Gasteiger partial charge >= 0.3 is 0 Å². The minimum atomic E-state index is 0.641. The lowest BCUT2D eigenvalue weighted by Gasteiger charge is -2.00. The molecule has 2 rings (SSSR count). The molecule has 1 aromatic rings. The second-order valence-corrected chi connectivity index (χ2v) is 5.92. The molecule has 0 amide bonds. The average molecular weight is 224 g/mol. The number of hydrogen-bond donors (Lipinski definition) is 1. The minimum absolute atomic E-state index is 0.641. The van der Waals surface area contributed by atoms with Gasteiger partial charge in [-0.15, -0.1) is 23.1 Å². The topological polar surface area (TPSA) is 49.8 Å². The second-order valence-electron chi connectivity index (χ2n) is 3.37. The molecule has 0 unspecified atom stereocenters. The lowest BCUT2D eigenvalue weighted by atomic mass is 10.2. The van der Waals surface area contributed by atoms with Gasteiger partial charge in [-0.25, -0.2) is 0 Å². The number of thiophene rings is 1. The quantitative estimate of drug-likeness (QED) is 0.802. The number of nitriles is 1. The van der Waals surface area contributed by atoms with E-state index in [4.69, 9.17) is 11.0 Å². The maximum Gasteiger partial charge on any atom is 0.129 e. The molecule has 0 aromatic carbocycles. The maximum absolute atomic E-state index is 8.90. The van der Waals surface area contributed by atoms with E-state index < -0.39 is 0 Å². The van der Waals surface area contributed by atoms with Gasteiger partial charge in [0, 0.05) is 5.56 Å². The van der Waals surface area contributed by atoms with Crippen molar-refractivity contribution in [2.24, 2.45) is 0 Å². The summed E-state index contributed by atoms with van der Waals surface area (Å²) in [6.07, 6.45) is 2.48. The highest BCUT2D eigenvalue weighted by Gasteiger charge is 2.31. The minimum Gasteiger partial charge on any atom is -0.397 e. The van der Waals surface area contributed by atoms with E-state index in [0.717, 1.165) is 11.4 Å². The van der Waals surface area contributed by atoms with Crippen molar-refractivity contribution in [2.45, 2.75) is 29.9 Å². The summed E-state index contributed by atoms with van der Waals surface area (Å²) in [6, 6.07) is 2.18. The largest absolute Gasteiger partial charge is 0.397 e. The summed E-state index contributed by atoms with van der Waals surface area (Å²) in [4.78, 5) is 0.697. The van der Waals surface area contributed by atoms with E-state index >= 15 is 0 Å². The molecule has 1 fully saturated rings. The predicted molar refractivity (Wildman–Crippen MR) is 61.8 cm³/mol. The van der Waals surface area contributed by atoms with Crippen molar-refractivity contribution in [1.82, 2.24) is 0 Å². The second kappa shape index (κ2) is 3.84. The molecule has 0 saturated heterocycles. The Morgan fingerprint density at radius 1 is 1.64 bits per heavy atom. The first kappa shape index (κ1) is 9.88. The van der Waals surface area contributed by atoms with Crippen molar-refractivity contribution in [3.63, 3.8) is 0 Å². The van der Waals surface area contributed by atoms with Crippen LogP contribution in [-0.4, -0.2) is 5.75 Å². The van der Waals surface area contributed by atoms with E-state index in [1.165, 1.54) is 22.6 Å². The Balaban J connectivity index is 2.42. The van der Waals surface area contributed by atoms with Crippen molar-refractivity contribution in [1.29, 1.82) is 5.26 Å². The summed E-state index contributed by atoms with van der Waals surface area (Å²) in [6.45, 7) is 2.13. The molecule has 0 spiro atoms. The van der Waals surface area contributed by atoms with Crippen LogP contribution in [-0.2, 0) is 0 Å². The number of nitrogen functional groups attached to an aromatic ring is 1. The number of thioether (sulfide) groups is 1. The smallest absolute Gasteiger partial charge is 0.129 e. The monoisotopic (exact) mass is 224 g/mol. The molecule has 0 bridgehead atoms. The van der Waals surface area contributed by atoms with E-state index in [1.807, 2.05) is 11.8 Å². The third kappa shape index (κ3) is 1.62. The summed E-state index contributed by atoms with van der Waals surface area (Å²) < 4.78 is 1.27. The molecule has 2 nitrogen and oxygen atoms in total. The fourth-order valence-corrected chi connectivity index (χ4v) is 3.89. The Morgan fingerprint density at radius 2 is 2.36 bits per heavy atom. The van der Waals surface area contributed by atoms with Gasteiger partial charge in [0.15, 0.2) is 0 Å². The number of rotatable bonds is 3. The first-order chi connectivity index (χ1) is 6.77. The lowest BCUT2D eigenvalue weighted by molar-refractivity contribution is 1.11. The summed E-state index contributed by atoms with van der Waals surface area (Å²) in [5.41, 5.74) is 7.97. The Hall–Kier alpha value is -0.660. The average Bonchev–Trinajstić information content (AvgIpc) is 2.94. The molecule has 1 aromatic heterocycles. The lowest BCUT2D eigenvalue weighted by Crippen LogP contribution is -1.90. The molecule has 4 heteroatoms. The highest BCUT2D eigenvalue weighted by atomic mass is 32.2. The van der Waals surface area contributed by atoms with Crippen molar-refractivity contribution in [3.8, 4) is 6.07 Å². The third-order valence-corrected chi connectivity index (χ3v) is 4.61. The van der Waals surface area contributed by atoms with E-state index in [0.29, 0.717) is 10.8 Å². The van der Waals surface area contributed by atoms with Crippen LogP contribution in [0, 0.1) is 11.3 Å². The number of hydrogen-bond acceptors (Lipinski definition) is 4. The van der Waals surface area contributed by atoms with Gasteiger partial charge < -0.3 is 5.73 Å². The van der Waals surface area contributed by atoms with Crippen molar-refractivity contribution < 1.29 is 0 Å². The molecule has 0 radical (unpaired) electrons. The van der Waals surface area contributed by atoms with Gasteiger partial charge in [-0.3, -0.25) is 0 Å². The Labute approximate surface area is 92.1 Å². The zero-order valence-electron chi connectivity index (χ0n) is 8.04. The molecular formula is C10H12N2S2. The van der Waals surface area contributed by atoms with E-state index in [9.17, 15) is 0 Å². The molecule has 0 atom stereocenters. The van der Waals surface area contributed by atoms with Gasteiger partial charge in [0.05, 0.1) is 9.90 Å². The van der Waals surface area contributed by atoms with Crippen molar-refractivity contribution >= 4 is 28.8 Å². The van der Waals surface area contributed by atoms with E-state index in [-0.39, 0.29) is 0 Å². The van der Waals surface area contributed by atoms with Gasteiger partial charge in [0.25, 0.3) is 0 Å². The Bertz CT molecular complexity index is 386. The zero-order valence-corrected chi connectivity index (χ0v) is 9.67.